The Morgan fingerprint density at radius 1 is 0.932 bits per heavy atom. The number of benzene rings is 3. The standard InChI is InChI=1S/C36H46N2O6/c1-42-22-8-16-29-12-5-6-13-32(29)25-36(19-20-36)27-43-34-26-37(35(39)17-9-23-44-38(40)41)21-18-33(34)31-15-7-14-30(24-31)28-10-3-2-4-11-28/h2-7,10-15,24,33-34,40-41H,8-9,16-23,25-27H2,1H3/t33-,34?/m1/s1. The Kier molecular flexibility index (Phi) is 11.6. The smallest absolute Gasteiger partial charge is 0.222 e. The zero-order valence-corrected chi connectivity index (χ0v) is 25.8. The highest BCUT2D eigenvalue weighted by Crippen LogP contribution is 2.50. The summed E-state index contributed by atoms with van der Waals surface area (Å²) in [4.78, 5) is 19.7. The van der Waals surface area contributed by atoms with Crippen molar-refractivity contribution in [3.05, 3.63) is 95.6 Å². The molecule has 2 fully saturated rings. The fraction of sp³-hybridized carbons (Fsp3) is 0.472. The molecular weight excluding hydrogens is 556 g/mol. The van der Waals surface area contributed by atoms with Gasteiger partial charge in [-0.25, -0.2) is 0 Å². The molecule has 1 aliphatic heterocycles. The predicted molar refractivity (Wildman–Crippen MR) is 168 cm³/mol. The molecule has 2 N–H and O–H groups in total. The minimum absolute atomic E-state index is 0.0345. The summed E-state index contributed by atoms with van der Waals surface area (Å²) in [6, 6.07) is 27.9. The Hall–Kier alpha value is -3.11. The maximum atomic E-state index is 13.1. The summed E-state index contributed by atoms with van der Waals surface area (Å²) in [6.45, 7) is 2.69. The molecule has 3 aromatic carbocycles. The zero-order valence-electron chi connectivity index (χ0n) is 25.8. The number of likely N-dealkylation sites (tertiary alicyclic amines) is 1. The summed E-state index contributed by atoms with van der Waals surface area (Å²) in [5, 5.41) is 17.2. The molecule has 44 heavy (non-hydrogen) atoms. The Labute approximate surface area is 261 Å². The first-order valence-corrected chi connectivity index (χ1v) is 15.9. The molecule has 1 heterocycles. The van der Waals surface area contributed by atoms with Crippen molar-refractivity contribution in [2.45, 2.75) is 63.4 Å². The summed E-state index contributed by atoms with van der Waals surface area (Å²) in [6.07, 6.45) is 6.71. The number of hydrogen-bond acceptors (Lipinski definition) is 7. The average molecular weight is 603 g/mol. The molecule has 1 unspecified atom stereocenters. The van der Waals surface area contributed by atoms with Gasteiger partial charge in [-0.15, -0.1) is 0 Å². The van der Waals surface area contributed by atoms with Crippen LogP contribution in [0.15, 0.2) is 78.9 Å². The lowest BCUT2D eigenvalue weighted by Crippen LogP contribution is -2.47. The van der Waals surface area contributed by atoms with Crippen molar-refractivity contribution in [2.75, 3.05) is 40.0 Å². The highest BCUT2D eigenvalue weighted by molar-refractivity contribution is 5.76. The second kappa shape index (κ2) is 15.8. The van der Waals surface area contributed by atoms with Gasteiger partial charge in [-0.1, -0.05) is 78.9 Å². The molecule has 1 saturated heterocycles. The largest absolute Gasteiger partial charge is 0.385 e. The number of amides is 1. The molecule has 0 bridgehead atoms. The lowest BCUT2D eigenvalue weighted by molar-refractivity contribution is -0.492. The van der Waals surface area contributed by atoms with Crippen molar-refractivity contribution in [1.82, 2.24) is 10.3 Å². The minimum atomic E-state index is -0.310. The number of piperidine rings is 1. The van der Waals surface area contributed by atoms with E-state index >= 15 is 0 Å². The zero-order chi connectivity index (χ0) is 30.8. The number of rotatable bonds is 16. The van der Waals surface area contributed by atoms with E-state index in [-0.39, 0.29) is 41.8 Å². The van der Waals surface area contributed by atoms with Gasteiger partial charge in [-0.3, -0.25) is 20.0 Å². The first-order chi connectivity index (χ1) is 21.5. The van der Waals surface area contributed by atoms with E-state index in [0.29, 0.717) is 26.1 Å². The van der Waals surface area contributed by atoms with Crippen molar-refractivity contribution in [3.63, 3.8) is 0 Å². The van der Waals surface area contributed by atoms with Crippen molar-refractivity contribution in [1.29, 1.82) is 0 Å². The summed E-state index contributed by atoms with van der Waals surface area (Å²) >= 11 is 0. The molecule has 5 rings (SSSR count). The van der Waals surface area contributed by atoms with Gasteiger partial charge in [0.2, 0.25) is 5.91 Å². The summed E-state index contributed by atoms with van der Waals surface area (Å²) in [5.74, 6) is 0.216. The third-order valence-corrected chi connectivity index (χ3v) is 9.11. The van der Waals surface area contributed by atoms with E-state index in [0.717, 1.165) is 45.1 Å². The van der Waals surface area contributed by atoms with Gasteiger partial charge in [-0.2, -0.15) is 0 Å². The highest BCUT2D eigenvalue weighted by atomic mass is 17.1. The number of hydrogen-bond donors (Lipinski definition) is 2. The Bertz CT molecular complexity index is 1330. The Balaban J connectivity index is 1.29. The first kappa shape index (κ1) is 32.3. The molecular formula is C36H46N2O6. The van der Waals surface area contributed by atoms with E-state index in [4.69, 9.17) is 19.9 Å². The monoisotopic (exact) mass is 602 g/mol. The van der Waals surface area contributed by atoms with Crippen LogP contribution in [0.2, 0.25) is 0 Å². The van der Waals surface area contributed by atoms with Crippen molar-refractivity contribution in [2.24, 2.45) is 5.41 Å². The van der Waals surface area contributed by atoms with Crippen LogP contribution in [0.25, 0.3) is 11.1 Å². The summed E-state index contributed by atoms with van der Waals surface area (Å²) in [7, 11) is 1.75. The molecule has 0 spiro atoms. The normalized spacial score (nSPS) is 19.3. The Morgan fingerprint density at radius 3 is 2.43 bits per heavy atom. The number of methoxy groups -OCH3 is 1. The molecule has 2 atom stereocenters. The number of aryl methyl sites for hydroxylation is 1. The van der Waals surface area contributed by atoms with Crippen molar-refractivity contribution in [3.8, 4) is 11.1 Å². The fourth-order valence-corrected chi connectivity index (χ4v) is 6.42. The third-order valence-electron chi connectivity index (χ3n) is 9.11. The number of ether oxygens (including phenoxy) is 2. The molecule has 236 valence electrons. The van der Waals surface area contributed by atoms with E-state index in [1.807, 2.05) is 11.0 Å². The van der Waals surface area contributed by atoms with E-state index < -0.39 is 0 Å². The van der Waals surface area contributed by atoms with E-state index in [1.165, 1.54) is 27.8 Å². The average Bonchev–Trinajstić information content (AvgIpc) is 3.82. The lowest BCUT2D eigenvalue weighted by atomic mass is 9.85. The fourth-order valence-electron chi connectivity index (χ4n) is 6.42. The van der Waals surface area contributed by atoms with Crippen LogP contribution in [-0.2, 0) is 31.9 Å². The van der Waals surface area contributed by atoms with Gasteiger partial charge in [0, 0.05) is 39.1 Å². The molecule has 2 aliphatic rings. The lowest BCUT2D eigenvalue weighted by Gasteiger charge is -2.39. The Morgan fingerprint density at radius 2 is 1.68 bits per heavy atom. The van der Waals surface area contributed by atoms with Crippen molar-refractivity contribution >= 4 is 5.91 Å². The topological polar surface area (TPSA) is 91.7 Å². The quantitative estimate of drug-likeness (QED) is 0.144. The van der Waals surface area contributed by atoms with Crippen LogP contribution >= 0.6 is 0 Å². The molecule has 8 nitrogen and oxygen atoms in total. The first-order valence-electron chi connectivity index (χ1n) is 15.9. The number of carbonyl (C=O) groups excluding carboxylic acids is 1. The van der Waals surface area contributed by atoms with Gasteiger partial charge < -0.3 is 14.4 Å². The molecule has 0 radical (unpaired) electrons. The highest BCUT2D eigenvalue weighted by Gasteiger charge is 2.45. The van der Waals surface area contributed by atoms with Gasteiger partial charge in [-0.05, 0) is 78.2 Å². The van der Waals surface area contributed by atoms with Crippen LogP contribution < -0.4 is 0 Å². The van der Waals surface area contributed by atoms with Gasteiger partial charge in [0.05, 0.1) is 24.7 Å². The van der Waals surface area contributed by atoms with Gasteiger partial charge in [0.15, 0.2) is 0 Å². The molecule has 1 saturated carbocycles. The van der Waals surface area contributed by atoms with Crippen molar-refractivity contribution < 1.29 is 29.5 Å². The number of nitrogens with zero attached hydrogens (tertiary/aromatic N) is 2. The van der Waals surface area contributed by atoms with Crippen LogP contribution in [-0.4, -0.2) is 72.7 Å². The van der Waals surface area contributed by atoms with Gasteiger partial charge in [0.1, 0.15) is 0 Å². The molecule has 0 aromatic heterocycles. The molecule has 8 heteroatoms. The summed E-state index contributed by atoms with van der Waals surface area (Å²) < 4.78 is 12.1. The SMILES string of the molecule is COCCCc1ccccc1CC1(COC2CN(C(=O)CCCON(O)O)CC[C@@H]2c2cccc(-c3ccccc3)c2)CC1. The number of carbonyl (C=O) groups is 1. The van der Waals surface area contributed by atoms with Gasteiger partial charge >= 0.3 is 0 Å². The molecule has 1 aliphatic carbocycles. The molecule has 1 amide bonds. The van der Waals surface area contributed by atoms with Crippen LogP contribution in [0.4, 0.5) is 0 Å². The van der Waals surface area contributed by atoms with Crippen LogP contribution in [0.5, 0.6) is 0 Å². The second-order valence-corrected chi connectivity index (χ2v) is 12.3. The summed E-state index contributed by atoms with van der Waals surface area (Å²) in [5.41, 5.74) is 6.56. The van der Waals surface area contributed by atoms with Crippen LogP contribution in [0.3, 0.4) is 0 Å². The van der Waals surface area contributed by atoms with E-state index in [1.54, 1.807) is 7.11 Å². The van der Waals surface area contributed by atoms with Crippen LogP contribution in [0.1, 0.15) is 61.1 Å². The third kappa shape index (κ3) is 8.97. The van der Waals surface area contributed by atoms with Gasteiger partial charge in [0.25, 0.3) is 0 Å². The van der Waals surface area contributed by atoms with E-state index in [9.17, 15) is 4.79 Å². The maximum absolute atomic E-state index is 13.1. The molecule has 3 aromatic rings. The van der Waals surface area contributed by atoms with E-state index in [2.05, 4.69) is 77.6 Å². The predicted octanol–water partition coefficient (Wildman–Crippen LogP) is 6.45. The minimum Gasteiger partial charge on any atom is -0.385 e. The second-order valence-electron chi connectivity index (χ2n) is 12.3. The van der Waals surface area contributed by atoms with Crippen LogP contribution in [0, 0.1) is 5.41 Å². The maximum Gasteiger partial charge on any atom is 0.222 e.